The number of amides is 3. The van der Waals surface area contributed by atoms with Crippen molar-refractivity contribution < 1.29 is 28.7 Å². The molecule has 3 aromatic rings. The molecule has 0 saturated carbocycles. The van der Waals surface area contributed by atoms with Gasteiger partial charge in [-0.2, -0.15) is 4.99 Å². The Balaban J connectivity index is 1.72. The normalized spacial score (nSPS) is 14.2. The number of ether oxygens (including phenoxy) is 2. The number of anilines is 1. The third-order valence-electron chi connectivity index (χ3n) is 5.18. The van der Waals surface area contributed by atoms with E-state index in [1.807, 2.05) is 19.1 Å². The van der Waals surface area contributed by atoms with Crippen LogP contribution in [0.3, 0.4) is 0 Å². The topological polar surface area (TPSA) is 107 Å². The second-order valence-electron chi connectivity index (χ2n) is 7.40. The monoisotopic (exact) mass is 481 g/mol. The highest BCUT2D eigenvalue weighted by Gasteiger charge is 2.30. The lowest BCUT2D eigenvalue weighted by Crippen LogP contribution is -2.28. The summed E-state index contributed by atoms with van der Waals surface area (Å²) in [6.07, 6.45) is 0.371. The highest BCUT2D eigenvalue weighted by Crippen LogP contribution is 2.28. The first-order valence-electron chi connectivity index (χ1n) is 10.9. The van der Waals surface area contributed by atoms with Crippen molar-refractivity contribution in [2.24, 2.45) is 4.99 Å². The van der Waals surface area contributed by atoms with Crippen LogP contribution in [0.5, 0.6) is 5.75 Å². The summed E-state index contributed by atoms with van der Waals surface area (Å²) in [5, 5.41) is 0. The summed E-state index contributed by atoms with van der Waals surface area (Å²) in [7, 11) is 0. The molecular weight excluding hydrogens is 458 g/mol. The van der Waals surface area contributed by atoms with E-state index < -0.39 is 11.9 Å². The Morgan fingerprint density at radius 1 is 1.00 bits per heavy atom. The number of aromatic nitrogens is 1. The van der Waals surface area contributed by atoms with Crippen LogP contribution in [0.15, 0.2) is 47.5 Å². The Morgan fingerprint density at radius 3 is 2.35 bits per heavy atom. The van der Waals surface area contributed by atoms with Crippen LogP contribution in [0.25, 0.3) is 10.2 Å². The summed E-state index contributed by atoms with van der Waals surface area (Å²) in [6, 6.07) is 11.6. The predicted octanol–water partition coefficient (Wildman–Crippen LogP) is 3.06. The van der Waals surface area contributed by atoms with Crippen LogP contribution in [0.4, 0.5) is 5.69 Å². The van der Waals surface area contributed by atoms with Crippen molar-refractivity contribution >= 4 is 50.9 Å². The van der Waals surface area contributed by atoms with Gasteiger partial charge in [0, 0.05) is 18.4 Å². The van der Waals surface area contributed by atoms with E-state index in [1.54, 1.807) is 29.7 Å². The van der Waals surface area contributed by atoms with Gasteiger partial charge < -0.3 is 14.0 Å². The maximum atomic E-state index is 13.0. The van der Waals surface area contributed by atoms with Gasteiger partial charge in [-0.05, 0) is 50.2 Å². The highest BCUT2D eigenvalue weighted by atomic mass is 32.1. The van der Waals surface area contributed by atoms with Crippen molar-refractivity contribution in [3.63, 3.8) is 0 Å². The minimum atomic E-state index is -0.521. The van der Waals surface area contributed by atoms with Crippen molar-refractivity contribution in [3.8, 4) is 5.75 Å². The van der Waals surface area contributed by atoms with Gasteiger partial charge in [-0.15, -0.1) is 0 Å². The van der Waals surface area contributed by atoms with Gasteiger partial charge in [0.2, 0.25) is 11.8 Å². The van der Waals surface area contributed by atoms with Crippen LogP contribution in [0.2, 0.25) is 0 Å². The standard InChI is InChI=1S/C24H23N3O6S/c1-3-32-17-6-5-7-18-22(17)26(14-21(30)33-4-2)24(34-18)25-23(31)15-8-10-16(11-9-15)27-19(28)12-13-20(27)29/h5-11H,3-4,12-14H2,1-2H3. The Morgan fingerprint density at radius 2 is 1.71 bits per heavy atom. The number of para-hydroxylation sites is 1. The van der Waals surface area contributed by atoms with Crippen molar-refractivity contribution in [3.05, 3.63) is 52.8 Å². The molecule has 0 N–H and O–H groups in total. The second-order valence-corrected chi connectivity index (χ2v) is 8.41. The Hall–Kier alpha value is -3.79. The third kappa shape index (κ3) is 4.62. The molecule has 1 aliphatic heterocycles. The van der Waals surface area contributed by atoms with Crippen LogP contribution >= 0.6 is 11.3 Å². The molecule has 34 heavy (non-hydrogen) atoms. The zero-order chi connectivity index (χ0) is 24.2. The van der Waals surface area contributed by atoms with Crippen LogP contribution in [-0.2, 0) is 25.7 Å². The molecular formula is C24H23N3O6S. The lowest BCUT2D eigenvalue weighted by molar-refractivity contribution is -0.143. The number of imide groups is 1. The average molecular weight is 482 g/mol. The van der Waals surface area contributed by atoms with Gasteiger partial charge >= 0.3 is 5.97 Å². The molecule has 176 valence electrons. The Bertz CT molecular complexity index is 1320. The maximum Gasteiger partial charge on any atom is 0.326 e. The van der Waals surface area contributed by atoms with Crippen molar-refractivity contribution in [1.29, 1.82) is 0 Å². The van der Waals surface area contributed by atoms with Crippen LogP contribution < -0.4 is 14.4 Å². The van der Waals surface area contributed by atoms with E-state index in [0.29, 0.717) is 28.4 Å². The number of fused-ring (bicyclic) bond motifs is 1. The summed E-state index contributed by atoms with van der Waals surface area (Å²) in [5.74, 6) is -0.911. The van der Waals surface area contributed by atoms with E-state index in [0.717, 1.165) is 9.60 Å². The quantitative estimate of drug-likeness (QED) is 0.379. The number of carbonyl (C=O) groups is 4. The number of rotatable bonds is 7. The summed E-state index contributed by atoms with van der Waals surface area (Å²) in [6.45, 7) is 4.14. The number of carbonyl (C=O) groups excluding carboxylic acids is 4. The molecule has 0 radical (unpaired) electrons. The van der Waals surface area contributed by atoms with Crippen LogP contribution in [0.1, 0.15) is 37.0 Å². The third-order valence-corrected chi connectivity index (χ3v) is 6.22. The largest absolute Gasteiger partial charge is 0.492 e. The molecule has 0 atom stereocenters. The fraction of sp³-hybridized carbons (Fsp3) is 0.292. The summed E-state index contributed by atoms with van der Waals surface area (Å²) >= 11 is 1.26. The van der Waals surface area contributed by atoms with Crippen molar-refractivity contribution in [2.45, 2.75) is 33.2 Å². The highest BCUT2D eigenvalue weighted by molar-refractivity contribution is 7.16. The minimum absolute atomic E-state index is 0.123. The van der Waals surface area contributed by atoms with Crippen molar-refractivity contribution in [1.82, 2.24) is 4.57 Å². The van der Waals surface area contributed by atoms with Gasteiger partial charge in [0.05, 0.1) is 23.6 Å². The van der Waals surface area contributed by atoms with E-state index in [-0.39, 0.29) is 43.4 Å². The second kappa shape index (κ2) is 10.0. The molecule has 0 unspecified atom stereocenters. The molecule has 1 aromatic heterocycles. The van der Waals surface area contributed by atoms with E-state index >= 15 is 0 Å². The molecule has 0 aliphatic carbocycles. The molecule has 3 amide bonds. The molecule has 9 nitrogen and oxygen atoms in total. The molecule has 10 heteroatoms. The smallest absolute Gasteiger partial charge is 0.326 e. The average Bonchev–Trinajstić information content (AvgIpc) is 3.33. The summed E-state index contributed by atoms with van der Waals surface area (Å²) in [5.41, 5.74) is 1.37. The number of esters is 1. The van der Waals surface area contributed by atoms with E-state index in [2.05, 4.69) is 4.99 Å². The number of benzene rings is 2. The first-order valence-corrected chi connectivity index (χ1v) is 11.7. The zero-order valence-corrected chi connectivity index (χ0v) is 19.6. The molecule has 0 bridgehead atoms. The number of hydrogen-bond acceptors (Lipinski definition) is 7. The van der Waals surface area contributed by atoms with E-state index in [1.165, 1.54) is 23.5 Å². The molecule has 2 aromatic carbocycles. The number of nitrogens with zero attached hydrogens (tertiary/aromatic N) is 3. The first kappa shape index (κ1) is 23.4. The first-order chi connectivity index (χ1) is 16.4. The predicted molar refractivity (Wildman–Crippen MR) is 126 cm³/mol. The lowest BCUT2D eigenvalue weighted by Gasteiger charge is -2.13. The van der Waals surface area contributed by atoms with Crippen LogP contribution in [-0.4, -0.2) is 41.5 Å². The summed E-state index contributed by atoms with van der Waals surface area (Å²) < 4.78 is 13.3. The molecule has 2 heterocycles. The van der Waals surface area contributed by atoms with Gasteiger partial charge in [0.25, 0.3) is 5.91 Å². The number of thiazole rings is 1. The molecule has 0 spiro atoms. The lowest BCUT2D eigenvalue weighted by atomic mass is 10.2. The van der Waals surface area contributed by atoms with E-state index in [4.69, 9.17) is 9.47 Å². The van der Waals surface area contributed by atoms with Gasteiger partial charge in [-0.3, -0.25) is 24.1 Å². The van der Waals surface area contributed by atoms with Crippen molar-refractivity contribution in [2.75, 3.05) is 18.1 Å². The minimum Gasteiger partial charge on any atom is -0.492 e. The number of hydrogen-bond donors (Lipinski definition) is 0. The Labute approximate surface area is 199 Å². The Kier molecular flexibility index (Phi) is 6.87. The van der Waals surface area contributed by atoms with E-state index in [9.17, 15) is 19.2 Å². The molecule has 1 saturated heterocycles. The van der Waals surface area contributed by atoms with Gasteiger partial charge in [-0.1, -0.05) is 17.4 Å². The molecule has 1 fully saturated rings. The zero-order valence-electron chi connectivity index (χ0n) is 18.8. The van der Waals surface area contributed by atoms with Crippen LogP contribution in [0, 0.1) is 0 Å². The fourth-order valence-corrected chi connectivity index (χ4v) is 4.75. The maximum absolute atomic E-state index is 13.0. The van der Waals surface area contributed by atoms with Gasteiger partial charge in [0.1, 0.15) is 17.8 Å². The summed E-state index contributed by atoms with van der Waals surface area (Å²) in [4.78, 5) is 54.9. The molecule has 1 aliphatic rings. The van der Waals surface area contributed by atoms with Gasteiger partial charge in [0.15, 0.2) is 4.80 Å². The van der Waals surface area contributed by atoms with Gasteiger partial charge in [-0.25, -0.2) is 0 Å². The molecule has 4 rings (SSSR count). The fourth-order valence-electron chi connectivity index (χ4n) is 3.71. The SMILES string of the molecule is CCOC(=O)Cn1c(=NC(=O)c2ccc(N3C(=O)CCC3=O)cc2)sc2cccc(OCC)c21.